The summed E-state index contributed by atoms with van der Waals surface area (Å²) in [6.07, 6.45) is 2.68. The van der Waals surface area contributed by atoms with Crippen LogP contribution < -0.4 is 10.1 Å². The third kappa shape index (κ3) is 3.80. The van der Waals surface area contributed by atoms with Crippen LogP contribution in [0.4, 0.5) is 0 Å². The summed E-state index contributed by atoms with van der Waals surface area (Å²) in [5.41, 5.74) is 1.51. The van der Waals surface area contributed by atoms with Gasteiger partial charge in [-0.3, -0.25) is 4.98 Å². The Morgan fingerprint density at radius 3 is 2.67 bits per heavy atom. The van der Waals surface area contributed by atoms with Gasteiger partial charge in [-0.1, -0.05) is 26.0 Å². The number of hydrogen-bond donors (Lipinski definition) is 1. The fraction of sp³-hybridized carbons (Fsp3) is 0.294. The minimum atomic E-state index is 0.260. The molecule has 21 heavy (non-hydrogen) atoms. The number of rotatable bonds is 6. The molecule has 0 aliphatic heterocycles. The number of aromatic nitrogens is 1. The maximum Gasteiger partial charge on any atom is 0.145 e. The SMILES string of the molecule is CCNC(CC)c1ccc(Oc2ccccc2C#N)cn1. The summed E-state index contributed by atoms with van der Waals surface area (Å²) in [6, 6.07) is 13.4. The molecule has 0 saturated carbocycles. The predicted molar refractivity (Wildman–Crippen MR) is 82.2 cm³/mol. The lowest BCUT2D eigenvalue weighted by Crippen LogP contribution is -2.20. The van der Waals surface area contributed by atoms with Crippen LogP contribution in [-0.4, -0.2) is 11.5 Å². The first-order chi connectivity index (χ1) is 10.3. The molecule has 1 aromatic carbocycles. The molecule has 0 bridgehead atoms. The zero-order chi connectivity index (χ0) is 15.1. The fourth-order valence-corrected chi connectivity index (χ4v) is 2.14. The normalized spacial score (nSPS) is 11.7. The Morgan fingerprint density at radius 2 is 2.05 bits per heavy atom. The van der Waals surface area contributed by atoms with E-state index >= 15 is 0 Å². The summed E-state index contributed by atoms with van der Waals surface area (Å²) < 4.78 is 5.72. The highest BCUT2D eigenvalue weighted by Crippen LogP contribution is 2.25. The van der Waals surface area contributed by atoms with E-state index in [0.717, 1.165) is 18.7 Å². The van der Waals surface area contributed by atoms with E-state index in [0.29, 0.717) is 17.1 Å². The van der Waals surface area contributed by atoms with Gasteiger partial charge in [-0.15, -0.1) is 0 Å². The van der Waals surface area contributed by atoms with Gasteiger partial charge in [0.2, 0.25) is 0 Å². The van der Waals surface area contributed by atoms with Crippen molar-refractivity contribution in [3.63, 3.8) is 0 Å². The number of nitrogens with zero attached hydrogens (tertiary/aromatic N) is 2. The van der Waals surface area contributed by atoms with E-state index < -0.39 is 0 Å². The van der Waals surface area contributed by atoms with Crippen LogP contribution in [-0.2, 0) is 0 Å². The van der Waals surface area contributed by atoms with Crippen molar-refractivity contribution in [2.24, 2.45) is 0 Å². The van der Waals surface area contributed by atoms with Crippen LogP contribution >= 0.6 is 0 Å². The molecule has 0 aliphatic rings. The van der Waals surface area contributed by atoms with Crippen molar-refractivity contribution < 1.29 is 4.74 Å². The molecule has 1 atom stereocenters. The second-order valence-corrected chi connectivity index (χ2v) is 4.65. The van der Waals surface area contributed by atoms with E-state index in [9.17, 15) is 0 Å². The second-order valence-electron chi connectivity index (χ2n) is 4.65. The fourth-order valence-electron chi connectivity index (χ4n) is 2.14. The maximum absolute atomic E-state index is 9.05. The Balaban J connectivity index is 2.14. The Hall–Kier alpha value is -2.38. The summed E-state index contributed by atoms with van der Waals surface area (Å²) in [5.74, 6) is 1.18. The van der Waals surface area contributed by atoms with Crippen molar-refractivity contribution >= 4 is 0 Å². The van der Waals surface area contributed by atoms with Gasteiger partial charge in [0.05, 0.1) is 17.5 Å². The third-order valence-corrected chi connectivity index (χ3v) is 3.21. The largest absolute Gasteiger partial charge is 0.454 e. The molecule has 4 nitrogen and oxygen atoms in total. The molecular weight excluding hydrogens is 262 g/mol. The first-order valence-electron chi connectivity index (χ1n) is 7.14. The summed E-state index contributed by atoms with van der Waals surface area (Å²) in [5, 5.41) is 12.4. The highest BCUT2D eigenvalue weighted by Gasteiger charge is 2.10. The summed E-state index contributed by atoms with van der Waals surface area (Å²) >= 11 is 0. The molecule has 1 unspecified atom stereocenters. The topological polar surface area (TPSA) is 57.9 Å². The van der Waals surface area contributed by atoms with Crippen molar-refractivity contribution in [2.75, 3.05) is 6.54 Å². The van der Waals surface area contributed by atoms with Crippen LogP contribution in [0, 0.1) is 11.3 Å². The van der Waals surface area contributed by atoms with Gasteiger partial charge >= 0.3 is 0 Å². The van der Waals surface area contributed by atoms with Crippen molar-refractivity contribution in [3.8, 4) is 17.6 Å². The molecule has 0 saturated heterocycles. The Kier molecular flexibility index (Phi) is 5.30. The van der Waals surface area contributed by atoms with Crippen molar-refractivity contribution in [1.29, 1.82) is 5.26 Å². The smallest absolute Gasteiger partial charge is 0.145 e. The van der Waals surface area contributed by atoms with Crippen molar-refractivity contribution in [3.05, 3.63) is 53.9 Å². The molecule has 4 heteroatoms. The first kappa shape index (κ1) is 15.0. The van der Waals surface area contributed by atoms with Crippen molar-refractivity contribution in [1.82, 2.24) is 10.3 Å². The van der Waals surface area contributed by atoms with Crippen LogP contribution in [0.5, 0.6) is 11.5 Å². The zero-order valence-corrected chi connectivity index (χ0v) is 12.3. The molecule has 1 aromatic heterocycles. The highest BCUT2D eigenvalue weighted by molar-refractivity contribution is 5.44. The van der Waals surface area contributed by atoms with E-state index in [-0.39, 0.29) is 6.04 Å². The molecule has 108 valence electrons. The number of para-hydroxylation sites is 1. The van der Waals surface area contributed by atoms with Gasteiger partial charge in [0.15, 0.2) is 0 Å². The van der Waals surface area contributed by atoms with Crippen LogP contribution in [0.2, 0.25) is 0 Å². The van der Waals surface area contributed by atoms with Gasteiger partial charge in [0.1, 0.15) is 17.6 Å². The van der Waals surface area contributed by atoms with E-state index in [1.54, 1.807) is 18.3 Å². The molecule has 0 radical (unpaired) electrons. The van der Waals surface area contributed by atoms with Gasteiger partial charge in [-0.05, 0) is 37.2 Å². The number of nitriles is 1. The quantitative estimate of drug-likeness (QED) is 0.874. The summed E-state index contributed by atoms with van der Waals surface area (Å²) in [4.78, 5) is 4.45. The Bertz CT molecular complexity index is 617. The van der Waals surface area contributed by atoms with Crippen LogP contribution in [0.3, 0.4) is 0 Å². The minimum Gasteiger partial charge on any atom is -0.454 e. The number of pyridine rings is 1. The Morgan fingerprint density at radius 1 is 1.24 bits per heavy atom. The standard InChI is InChI=1S/C17H19N3O/c1-3-15(19-4-2)16-10-9-14(12-20-16)21-17-8-6-5-7-13(17)11-18/h5-10,12,15,19H,3-4H2,1-2H3. The lowest BCUT2D eigenvalue weighted by atomic mass is 10.1. The van der Waals surface area contributed by atoms with Crippen LogP contribution in [0.25, 0.3) is 0 Å². The van der Waals surface area contributed by atoms with Gasteiger partial charge in [0, 0.05) is 6.04 Å². The maximum atomic E-state index is 9.05. The summed E-state index contributed by atoms with van der Waals surface area (Å²) in [6.45, 7) is 5.12. The number of hydrogen-bond acceptors (Lipinski definition) is 4. The highest BCUT2D eigenvalue weighted by atomic mass is 16.5. The van der Waals surface area contributed by atoms with Crippen LogP contribution in [0.15, 0.2) is 42.6 Å². The monoisotopic (exact) mass is 281 g/mol. The van der Waals surface area contributed by atoms with E-state index in [1.165, 1.54) is 0 Å². The average molecular weight is 281 g/mol. The summed E-state index contributed by atoms with van der Waals surface area (Å²) in [7, 11) is 0. The van der Waals surface area contributed by atoms with Gasteiger partial charge in [0.25, 0.3) is 0 Å². The van der Waals surface area contributed by atoms with E-state index in [1.807, 2.05) is 24.3 Å². The van der Waals surface area contributed by atoms with E-state index in [4.69, 9.17) is 10.00 Å². The van der Waals surface area contributed by atoms with Crippen molar-refractivity contribution in [2.45, 2.75) is 26.3 Å². The van der Waals surface area contributed by atoms with Gasteiger partial charge in [-0.2, -0.15) is 5.26 Å². The third-order valence-electron chi connectivity index (χ3n) is 3.21. The van der Waals surface area contributed by atoms with E-state index in [2.05, 4.69) is 30.2 Å². The second kappa shape index (κ2) is 7.41. The molecule has 0 aliphatic carbocycles. The van der Waals surface area contributed by atoms with Gasteiger partial charge in [-0.25, -0.2) is 0 Å². The zero-order valence-electron chi connectivity index (χ0n) is 12.3. The lowest BCUT2D eigenvalue weighted by molar-refractivity contribution is 0.474. The molecular formula is C17H19N3O. The molecule has 2 aromatic rings. The minimum absolute atomic E-state index is 0.260. The number of benzene rings is 1. The molecule has 0 fully saturated rings. The molecule has 2 rings (SSSR count). The average Bonchev–Trinajstić information content (AvgIpc) is 2.54. The first-order valence-corrected chi connectivity index (χ1v) is 7.14. The molecule has 1 N–H and O–H groups in total. The molecule has 1 heterocycles. The van der Waals surface area contributed by atoms with Gasteiger partial charge < -0.3 is 10.1 Å². The molecule has 0 spiro atoms. The predicted octanol–water partition coefficient (Wildman–Crippen LogP) is 3.81. The lowest BCUT2D eigenvalue weighted by Gasteiger charge is -2.15. The van der Waals surface area contributed by atoms with Crippen LogP contribution in [0.1, 0.15) is 37.6 Å². The number of ether oxygens (including phenoxy) is 1. The number of nitrogens with one attached hydrogen (secondary N) is 1. The Labute approximate surface area is 125 Å². The molecule has 0 amide bonds.